The molecule has 5 rings (SSSR count). The van der Waals surface area contributed by atoms with Crippen molar-refractivity contribution in [2.75, 3.05) is 13.2 Å². The second kappa shape index (κ2) is 7.04. The molecule has 0 heterocycles. The van der Waals surface area contributed by atoms with Gasteiger partial charge in [-0.1, -0.05) is 11.6 Å². The number of carbonyl (C=O) groups is 2. The third-order valence-corrected chi connectivity index (χ3v) is 6.70. The van der Waals surface area contributed by atoms with Gasteiger partial charge in [0.05, 0.1) is 10.6 Å². The molecule has 4 bridgehead atoms. The summed E-state index contributed by atoms with van der Waals surface area (Å²) in [5, 5.41) is 2.64. The van der Waals surface area contributed by atoms with E-state index in [4.69, 9.17) is 16.3 Å². The molecule has 4 saturated carbocycles. The van der Waals surface area contributed by atoms with Crippen molar-refractivity contribution >= 4 is 23.5 Å². The van der Waals surface area contributed by atoms with Gasteiger partial charge in [-0.25, -0.2) is 13.6 Å². The standard InChI is InChI=1S/C20H22ClF2NO3/c21-15-5-17(23)16(22)4-14(15)19(26)27-9-18(25)24-10-20-6-11-1-12(7-20)3-13(2-11)8-20/h4-5,11-13H,1-3,6-10H2,(H,24,25). The van der Waals surface area contributed by atoms with Crippen LogP contribution >= 0.6 is 11.6 Å². The van der Waals surface area contributed by atoms with E-state index < -0.39 is 30.1 Å². The molecule has 1 aromatic carbocycles. The van der Waals surface area contributed by atoms with Crippen LogP contribution in [0.4, 0.5) is 8.78 Å². The van der Waals surface area contributed by atoms with E-state index in [1.165, 1.54) is 38.5 Å². The number of nitrogens with one attached hydrogen (secondary N) is 1. The number of hydrogen-bond acceptors (Lipinski definition) is 3. The van der Waals surface area contributed by atoms with Gasteiger partial charge in [0.1, 0.15) is 0 Å². The van der Waals surface area contributed by atoms with Crippen LogP contribution in [0.2, 0.25) is 5.02 Å². The van der Waals surface area contributed by atoms with E-state index in [1.54, 1.807) is 0 Å². The maximum atomic E-state index is 13.3. The maximum Gasteiger partial charge on any atom is 0.340 e. The largest absolute Gasteiger partial charge is 0.452 e. The molecule has 1 N–H and O–H groups in total. The molecule has 4 aliphatic carbocycles. The Morgan fingerprint density at radius 3 is 2.22 bits per heavy atom. The molecule has 0 radical (unpaired) electrons. The van der Waals surface area contributed by atoms with Gasteiger partial charge < -0.3 is 10.1 Å². The summed E-state index contributed by atoms with van der Waals surface area (Å²) < 4.78 is 31.3. The van der Waals surface area contributed by atoms with Crippen LogP contribution in [0.3, 0.4) is 0 Å². The third kappa shape index (κ3) is 3.82. The third-order valence-electron chi connectivity index (χ3n) is 6.39. The van der Waals surface area contributed by atoms with E-state index in [2.05, 4.69) is 5.32 Å². The molecule has 0 aliphatic heterocycles. The lowest BCUT2D eigenvalue weighted by molar-refractivity contribution is -0.126. The van der Waals surface area contributed by atoms with Crippen molar-refractivity contribution in [3.8, 4) is 0 Å². The first kappa shape index (κ1) is 18.7. The summed E-state index contributed by atoms with van der Waals surface area (Å²) in [7, 11) is 0. The molecule has 0 atom stereocenters. The summed E-state index contributed by atoms with van der Waals surface area (Å²) in [6, 6.07) is 1.38. The molecule has 0 unspecified atom stereocenters. The van der Waals surface area contributed by atoms with Gasteiger partial charge in [0.25, 0.3) is 5.91 Å². The molecule has 0 aromatic heterocycles. The fraction of sp³-hybridized carbons (Fsp3) is 0.600. The highest BCUT2D eigenvalue weighted by Crippen LogP contribution is 2.59. The lowest BCUT2D eigenvalue weighted by atomic mass is 9.49. The van der Waals surface area contributed by atoms with Crippen molar-refractivity contribution in [1.29, 1.82) is 0 Å². The molecule has 0 spiro atoms. The summed E-state index contributed by atoms with van der Waals surface area (Å²) in [6.45, 7) is 0.138. The Morgan fingerprint density at radius 1 is 1.07 bits per heavy atom. The number of benzene rings is 1. The molecule has 0 saturated heterocycles. The number of carbonyl (C=O) groups excluding carboxylic acids is 2. The quantitative estimate of drug-likeness (QED) is 0.601. The van der Waals surface area contributed by atoms with Crippen LogP contribution in [0.25, 0.3) is 0 Å². The number of halogens is 3. The first-order valence-corrected chi connectivity index (χ1v) is 9.80. The Kier molecular flexibility index (Phi) is 4.87. The SMILES string of the molecule is O=C(COC(=O)c1cc(F)c(F)cc1Cl)NCC12CC3CC(CC(C3)C1)C2. The second-order valence-electron chi connectivity index (χ2n) is 8.52. The Morgan fingerprint density at radius 2 is 1.63 bits per heavy atom. The molecular weight excluding hydrogens is 376 g/mol. The summed E-state index contributed by atoms with van der Waals surface area (Å²) in [6.07, 6.45) is 7.51. The van der Waals surface area contributed by atoms with Gasteiger partial charge in [-0.05, 0) is 73.8 Å². The first-order valence-electron chi connectivity index (χ1n) is 9.42. The van der Waals surface area contributed by atoms with Gasteiger partial charge in [0, 0.05) is 6.54 Å². The Hall–Kier alpha value is -1.69. The minimum atomic E-state index is -1.20. The van der Waals surface area contributed by atoms with Gasteiger partial charge >= 0.3 is 5.97 Å². The van der Waals surface area contributed by atoms with Crippen molar-refractivity contribution in [2.45, 2.75) is 38.5 Å². The van der Waals surface area contributed by atoms with E-state index in [0.717, 1.165) is 17.8 Å². The van der Waals surface area contributed by atoms with Crippen LogP contribution < -0.4 is 5.32 Å². The molecule has 7 heteroatoms. The molecule has 4 aliphatic rings. The number of esters is 1. The van der Waals surface area contributed by atoms with E-state index >= 15 is 0 Å². The van der Waals surface area contributed by atoms with Crippen molar-refractivity contribution in [3.05, 3.63) is 34.4 Å². The fourth-order valence-corrected chi connectivity index (χ4v) is 5.96. The summed E-state index contributed by atoms with van der Waals surface area (Å²) in [4.78, 5) is 24.1. The zero-order valence-electron chi connectivity index (χ0n) is 14.9. The summed E-state index contributed by atoms with van der Waals surface area (Å²) >= 11 is 5.74. The summed E-state index contributed by atoms with van der Waals surface area (Å²) in [5.41, 5.74) is -0.109. The lowest BCUT2D eigenvalue weighted by Gasteiger charge is -2.56. The Labute approximate surface area is 161 Å². The van der Waals surface area contributed by atoms with Crippen LogP contribution in [0.15, 0.2) is 12.1 Å². The topological polar surface area (TPSA) is 55.4 Å². The summed E-state index contributed by atoms with van der Waals surface area (Å²) in [5.74, 6) is -1.31. The molecular formula is C20H22ClF2NO3. The molecule has 146 valence electrons. The van der Waals surface area contributed by atoms with Crippen LogP contribution in [-0.4, -0.2) is 25.0 Å². The Balaban J connectivity index is 1.29. The minimum Gasteiger partial charge on any atom is -0.452 e. The number of amides is 1. The second-order valence-corrected chi connectivity index (χ2v) is 8.92. The van der Waals surface area contributed by atoms with E-state index in [1.807, 2.05) is 0 Å². The molecule has 1 aromatic rings. The van der Waals surface area contributed by atoms with Gasteiger partial charge in [-0.3, -0.25) is 4.79 Å². The lowest BCUT2D eigenvalue weighted by Crippen LogP contribution is -2.51. The van der Waals surface area contributed by atoms with Gasteiger partial charge in [-0.15, -0.1) is 0 Å². The van der Waals surface area contributed by atoms with Crippen molar-refractivity contribution in [2.24, 2.45) is 23.2 Å². The van der Waals surface area contributed by atoms with Gasteiger partial charge in [0.2, 0.25) is 0 Å². The number of ether oxygens (including phenoxy) is 1. The minimum absolute atomic E-state index is 0.192. The maximum absolute atomic E-state index is 13.3. The zero-order chi connectivity index (χ0) is 19.2. The van der Waals surface area contributed by atoms with Gasteiger partial charge in [0.15, 0.2) is 18.2 Å². The van der Waals surface area contributed by atoms with Crippen LogP contribution in [0, 0.1) is 34.8 Å². The van der Waals surface area contributed by atoms with Crippen molar-refractivity contribution in [1.82, 2.24) is 5.32 Å². The molecule has 1 amide bonds. The Bertz CT molecular complexity index is 747. The highest BCUT2D eigenvalue weighted by Gasteiger charge is 2.50. The molecule has 27 heavy (non-hydrogen) atoms. The normalized spacial score (nSPS) is 31.0. The smallest absolute Gasteiger partial charge is 0.340 e. The molecule has 4 fully saturated rings. The van der Waals surface area contributed by atoms with Crippen LogP contribution in [-0.2, 0) is 9.53 Å². The van der Waals surface area contributed by atoms with E-state index in [-0.39, 0.29) is 16.0 Å². The van der Waals surface area contributed by atoms with E-state index in [0.29, 0.717) is 18.7 Å². The average molecular weight is 398 g/mol. The fourth-order valence-electron chi connectivity index (χ4n) is 5.73. The average Bonchev–Trinajstić information content (AvgIpc) is 2.60. The predicted molar refractivity (Wildman–Crippen MR) is 95.3 cm³/mol. The van der Waals surface area contributed by atoms with Gasteiger partial charge in [-0.2, -0.15) is 0 Å². The monoisotopic (exact) mass is 397 g/mol. The van der Waals surface area contributed by atoms with E-state index in [9.17, 15) is 18.4 Å². The zero-order valence-corrected chi connectivity index (χ0v) is 15.7. The first-order chi connectivity index (χ1) is 12.8. The van der Waals surface area contributed by atoms with Crippen LogP contribution in [0.5, 0.6) is 0 Å². The highest BCUT2D eigenvalue weighted by atomic mass is 35.5. The predicted octanol–water partition coefficient (Wildman–Crippen LogP) is 4.11. The number of rotatable bonds is 5. The van der Waals surface area contributed by atoms with Crippen molar-refractivity contribution in [3.63, 3.8) is 0 Å². The number of hydrogen-bond donors (Lipinski definition) is 1. The molecule has 4 nitrogen and oxygen atoms in total. The highest BCUT2D eigenvalue weighted by molar-refractivity contribution is 6.33. The van der Waals surface area contributed by atoms with Crippen LogP contribution in [0.1, 0.15) is 48.9 Å². The van der Waals surface area contributed by atoms with Crippen molar-refractivity contribution < 1.29 is 23.1 Å².